The monoisotopic (exact) mass is 201 g/mol. The van der Waals surface area contributed by atoms with E-state index in [1.807, 2.05) is 20.8 Å². The average Bonchev–Trinajstić information content (AvgIpc) is 2.47. The van der Waals surface area contributed by atoms with Gasteiger partial charge in [0.15, 0.2) is 0 Å². The number of fused-ring (bicyclic) bond motifs is 1. The average molecular weight is 201 g/mol. The van der Waals surface area contributed by atoms with Crippen molar-refractivity contribution < 1.29 is 0 Å². The first-order valence-corrected chi connectivity index (χ1v) is 4.77. The molecule has 0 spiro atoms. The molecule has 0 saturated heterocycles. The van der Waals surface area contributed by atoms with E-state index >= 15 is 0 Å². The Hall–Kier alpha value is -1.52. The van der Waals surface area contributed by atoms with Gasteiger partial charge < -0.3 is 0 Å². The normalized spacial score (nSPS) is 12.2. The number of H-pyrrole nitrogens is 1. The summed E-state index contributed by atoms with van der Waals surface area (Å²) in [6, 6.07) is 1.53. The highest BCUT2D eigenvalue weighted by atomic mass is 16.1. The summed E-state index contributed by atoms with van der Waals surface area (Å²) in [4.78, 5) is 16.1. The zero-order chi connectivity index (χ0) is 11.2. The lowest BCUT2D eigenvalue weighted by molar-refractivity contribution is 0.566. The molecule has 0 fully saturated rings. The smallest absolute Gasteiger partial charge is 0.272 e. The number of nitrogens with zero attached hydrogens (tertiary/aromatic N) is 2. The molecule has 0 saturated carbocycles. The Bertz CT molecular complexity index is 562. The van der Waals surface area contributed by atoms with Gasteiger partial charge in [0.2, 0.25) is 0 Å². The minimum absolute atomic E-state index is 0.137. The predicted molar refractivity (Wildman–Crippen MR) is 59.9 cm³/mol. The summed E-state index contributed by atoms with van der Waals surface area (Å²) in [5, 5.41) is 2.75. The van der Waals surface area contributed by atoms with Gasteiger partial charge >= 0.3 is 0 Å². The van der Waals surface area contributed by atoms with Crippen LogP contribution < -0.4 is 11.0 Å². The van der Waals surface area contributed by atoms with Crippen molar-refractivity contribution >= 4 is 19.0 Å². The molecule has 0 aliphatic carbocycles. The molecule has 5 heteroatoms. The van der Waals surface area contributed by atoms with Crippen molar-refractivity contribution in [3.8, 4) is 0 Å². The van der Waals surface area contributed by atoms with Crippen molar-refractivity contribution in [2.75, 3.05) is 0 Å². The quantitative estimate of drug-likeness (QED) is 0.615. The van der Waals surface area contributed by atoms with Crippen LogP contribution in [0.1, 0.15) is 26.5 Å². The fraction of sp³-hybridized carbons (Fsp3) is 0.400. The number of aromatic amines is 1. The Labute approximate surface area is 88.7 Å². The first-order chi connectivity index (χ1) is 6.89. The van der Waals surface area contributed by atoms with Gasteiger partial charge in [-0.25, -0.2) is 9.50 Å². The number of nitrogens with one attached hydrogen (secondary N) is 1. The Morgan fingerprint density at radius 2 is 2.13 bits per heavy atom. The molecule has 2 rings (SSSR count). The lowest BCUT2D eigenvalue weighted by Gasteiger charge is -2.17. The second kappa shape index (κ2) is 2.99. The van der Waals surface area contributed by atoms with Gasteiger partial charge in [-0.15, -0.1) is 0 Å². The van der Waals surface area contributed by atoms with E-state index in [9.17, 15) is 4.79 Å². The maximum absolute atomic E-state index is 11.7. The van der Waals surface area contributed by atoms with Gasteiger partial charge in [-0.1, -0.05) is 20.8 Å². The zero-order valence-corrected chi connectivity index (χ0v) is 9.03. The molecular weight excluding hydrogens is 189 g/mol. The maximum atomic E-state index is 11.7. The molecule has 76 valence electrons. The molecule has 15 heavy (non-hydrogen) atoms. The first kappa shape index (κ1) is 10.0. The molecule has 0 aliphatic heterocycles. The summed E-state index contributed by atoms with van der Waals surface area (Å²) < 4.78 is 1.34. The molecule has 0 amide bonds. The Morgan fingerprint density at radius 3 is 2.73 bits per heavy atom. The number of aromatic nitrogens is 3. The lowest BCUT2D eigenvalue weighted by Crippen LogP contribution is -2.23. The van der Waals surface area contributed by atoms with Gasteiger partial charge in [-0.3, -0.25) is 9.89 Å². The maximum Gasteiger partial charge on any atom is 0.272 e. The summed E-state index contributed by atoms with van der Waals surface area (Å²) in [6.07, 6.45) is 1.57. The van der Waals surface area contributed by atoms with Crippen molar-refractivity contribution in [1.29, 1.82) is 0 Å². The standard InChI is InChI=1S/C10H12BN3O/c1-10(2,3)7-4-8(15)14-9(13-7)6(11)5-12-14/h4-5,12H,1-3H3. The molecule has 1 N–H and O–H groups in total. The van der Waals surface area contributed by atoms with E-state index in [0.29, 0.717) is 11.1 Å². The van der Waals surface area contributed by atoms with Gasteiger partial charge in [0, 0.05) is 17.7 Å². The highest BCUT2D eigenvalue weighted by molar-refractivity contribution is 6.36. The van der Waals surface area contributed by atoms with Crippen LogP contribution >= 0.6 is 0 Å². The van der Waals surface area contributed by atoms with E-state index in [1.165, 1.54) is 10.6 Å². The van der Waals surface area contributed by atoms with Crippen LogP contribution in [-0.4, -0.2) is 22.4 Å². The molecule has 2 aromatic rings. The Kier molecular flexibility index (Phi) is 1.99. The SMILES string of the molecule is [B]c1c[nH]n2c(=O)cc(C(C)(C)C)nc12. The van der Waals surface area contributed by atoms with Crippen molar-refractivity contribution in [1.82, 2.24) is 14.6 Å². The minimum atomic E-state index is -0.155. The van der Waals surface area contributed by atoms with Gasteiger partial charge in [-0.2, -0.15) is 0 Å². The van der Waals surface area contributed by atoms with E-state index < -0.39 is 0 Å². The molecule has 2 heterocycles. The molecule has 2 radical (unpaired) electrons. The molecule has 0 unspecified atom stereocenters. The summed E-state index contributed by atoms with van der Waals surface area (Å²) in [5.41, 5.74) is 1.43. The second-order valence-corrected chi connectivity index (χ2v) is 4.62. The fourth-order valence-corrected chi connectivity index (χ4v) is 1.38. The van der Waals surface area contributed by atoms with Crippen molar-refractivity contribution in [2.24, 2.45) is 0 Å². The largest absolute Gasteiger partial charge is 0.297 e. The summed E-state index contributed by atoms with van der Waals surface area (Å²) in [7, 11) is 5.70. The second-order valence-electron chi connectivity index (χ2n) is 4.62. The Balaban J connectivity index is 2.82. The van der Waals surface area contributed by atoms with E-state index in [0.717, 1.165) is 5.69 Å². The van der Waals surface area contributed by atoms with Gasteiger partial charge in [0.05, 0.1) is 5.69 Å². The van der Waals surface area contributed by atoms with Crippen LogP contribution in [0.15, 0.2) is 17.1 Å². The van der Waals surface area contributed by atoms with E-state index in [1.54, 1.807) is 6.20 Å². The molecule has 2 aromatic heterocycles. The van der Waals surface area contributed by atoms with Crippen LogP contribution in [0.3, 0.4) is 0 Å². The Morgan fingerprint density at radius 1 is 1.47 bits per heavy atom. The summed E-state index contributed by atoms with van der Waals surface area (Å²) in [5.74, 6) is 0. The third-order valence-electron chi connectivity index (χ3n) is 2.29. The summed E-state index contributed by atoms with van der Waals surface area (Å²) in [6.45, 7) is 6.02. The van der Waals surface area contributed by atoms with Crippen LogP contribution in [0.25, 0.3) is 5.65 Å². The third kappa shape index (κ3) is 1.58. The van der Waals surface area contributed by atoms with Crippen molar-refractivity contribution in [3.05, 3.63) is 28.3 Å². The van der Waals surface area contributed by atoms with Gasteiger partial charge in [0.1, 0.15) is 13.5 Å². The molecule has 4 nitrogen and oxygen atoms in total. The van der Waals surface area contributed by atoms with E-state index in [-0.39, 0.29) is 11.0 Å². The summed E-state index contributed by atoms with van der Waals surface area (Å²) >= 11 is 0. The fourth-order valence-electron chi connectivity index (χ4n) is 1.38. The van der Waals surface area contributed by atoms with Crippen LogP contribution in [0.4, 0.5) is 0 Å². The van der Waals surface area contributed by atoms with Crippen LogP contribution in [0.2, 0.25) is 0 Å². The predicted octanol–water partition coefficient (Wildman–Crippen LogP) is 0.114. The van der Waals surface area contributed by atoms with Crippen LogP contribution in [0.5, 0.6) is 0 Å². The molecule has 0 bridgehead atoms. The number of hydrogen-bond donors (Lipinski definition) is 1. The molecule has 0 atom stereocenters. The highest BCUT2D eigenvalue weighted by Crippen LogP contribution is 2.18. The van der Waals surface area contributed by atoms with Gasteiger partial charge in [-0.05, 0) is 5.46 Å². The van der Waals surface area contributed by atoms with E-state index in [4.69, 9.17) is 7.85 Å². The zero-order valence-electron chi connectivity index (χ0n) is 9.03. The van der Waals surface area contributed by atoms with Gasteiger partial charge in [0.25, 0.3) is 5.56 Å². The molecular formula is C10H12BN3O. The topological polar surface area (TPSA) is 50.2 Å². The van der Waals surface area contributed by atoms with Crippen molar-refractivity contribution in [3.63, 3.8) is 0 Å². The molecule has 0 aliphatic rings. The van der Waals surface area contributed by atoms with Crippen LogP contribution in [-0.2, 0) is 5.41 Å². The van der Waals surface area contributed by atoms with Crippen molar-refractivity contribution in [2.45, 2.75) is 26.2 Å². The number of rotatable bonds is 0. The lowest BCUT2D eigenvalue weighted by atomic mass is 9.92. The first-order valence-electron chi connectivity index (χ1n) is 4.77. The van der Waals surface area contributed by atoms with E-state index in [2.05, 4.69) is 10.1 Å². The van der Waals surface area contributed by atoms with Crippen LogP contribution in [0, 0.1) is 0 Å². The minimum Gasteiger partial charge on any atom is -0.297 e. The molecule has 0 aromatic carbocycles. The highest BCUT2D eigenvalue weighted by Gasteiger charge is 2.17. The third-order valence-corrected chi connectivity index (χ3v) is 2.29. The number of hydrogen-bond acceptors (Lipinski definition) is 2.